The standard InChI is InChI=1S/C69H74N8O9S2/c1-46-56(73-66(87-46)75-36-34-70-35-37-75)32-42-83-52-28-24-48(25-29-52)44-60(71-58-22-14-12-20-54(58)62(78)50-16-8-6-9-17-50)64(80)85-65(81)61(72-59-23-15-13-21-55(59)63(79)51-18-10-7-11-19-51)45-49-26-30-53(31-27-49)84-43-33-57-47(2)88-67(74-57)76-38-40-77(41-39-76)68(82)86-69(3,4)5/h6-31,60-61,70-72H,32-45H2,1-5H3/t60-,61-/m0/s1. The molecule has 2 aliphatic heterocycles. The highest BCUT2D eigenvalue weighted by Crippen LogP contribution is 2.30. The Hall–Kier alpha value is -8.91. The molecule has 0 spiro atoms. The Bertz CT molecular complexity index is 3670. The van der Waals surface area contributed by atoms with Crippen LogP contribution in [0.15, 0.2) is 158 Å². The van der Waals surface area contributed by atoms with Gasteiger partial charge in [0.25, 0.3) is 0 Å². The number of amides is 1. The molecule has 8 aromatic rings. The van der Waals surface area contributed by atoms with E-state index in [1.807, 2.05) is 81.4 Å². The van der Waals surface area contributed by atoms with Gasteiger partial charge in [-0.2, -0.15) is 0 Å². The number of aromatic nitrogens is 2. The van der Waals surface area contributed by atoms with E-state index in [9.17, 15) is 24.0 Å². The van der Waals surface area contributed by atoms with Gasteiger partial charge in [-0.25, -0.2) is 24.4 Å². The minimum atomic E-state index is -1.17. The number of hydrogen-bond donors (Lipinski definition) is 3. The lowest BCUT2D eigenvalue weighted by atomic mass is 9.99. The summed E-state index contributed by atoms with van der Waals surface area (Å²) in [5.41, 5.74) is 5.22. The molecule has 2 saturated heterocycles. The number of hydrogen-bond acceptors (Lipinski definition) is 18. The number of thiazole rings is 2. The first-order valence-corrected chi connectivity index (χ1v) is 31.4. The second kappa shape index (κ2) is 29.2. The first kappa shape index (κ1) is 62.2. The van der Waals surface area contributed by atoms with Crippen LogP contribution in [-0.4, -0.2) is 128 Å². The summed E-state index contributed by atoms with van der Waals surface area (Å²) in [5.74, 6) is -1.01. The van der Waals surface area contributed by atoms with E-state index in [4.69, 9.17) is 28.9 Å². The van der Waals surface area contributed by atoms with Crippen molar-refractivity contribution in [3.8, 4) is 11.5 Å². The minimum Gasteiger partial charge on any atom is -0.493 e. The third-order valence-corrected chi connectivity index (χ3v) is 17.3. The fraction of sp³-hybridized carbons (Fsp3) is 0.319. The van der Waals surface area contributed by atoms with Gasteiger partial charge in [0, 0.05) is 121 Å². The van der Waals surface area contributed by atoms with E-state index >= 15 is 0 Å². The van der Waals surface area contributed by atoms with Crippen LogP contribution in [0.25, 0.3) is 0 Å². The summed E-state index contributed by atoms with van der Waals surface area (Å²) in [5, 5.41) is 11.9. The maximum Gasteiger partial charge on any atom is 0.410 e. The van der Waals surface area contributed by atoms with Crippen molar-refractivity contribution in [2.45, 2.75) is 78.0 Å². The predicted molar refractivity (Wildman–Crippen MR) is 346 cm³/mol. The molecular weight excluding hydrogens is 1150 g/mol. The second-order valence-electron chi connectivity index (χ2n) is 22.7. The quantitative estimate of drug-likeness (QED) is 0.0293. The number of anilines is 4. The van der Waals surface area contributed by atoms with Gasteiger partial charge in [0.2, 0.25) is 0 Å². The van der Waals surface area contributed by atoms with Gasteiger partial charge in [0.1, 0.15) is 29.2 Å². The van der Waals surface area contributed by atoms with Gasteiger partial charge in [0.05, 0.1) is 24.6 Å². The number of nitrogens with one attached hydrogen (secondary N) is 3. The molecule has 2 fully saturated rings. The van der Waals surface area contributed by atoms with Gasteiger partial charge in [-0.15, -0.1) is 22.7 Å². The molecule has 3 N–H and O–H groups in total. The molecule has 1 amide bonds. The molecule has 0 radical (unpaired) electrons. The number of carbonyl (C=O) groups is 5. The topological polar surface area (TPSA) is 194 Å². The van der Waals surface area contributed by atoms with Crippen LogP contribution in [-0.2, 0) is 44.7 Å². The number of rotatable bonds is 24. The van der Waals surface area contributed by atoms with Crippen molar-refractivity contribution in [2.75, 3.05) is 86.0 Å². The van der Waals surface area contributed by atoms with Crippen molar-refractivity contribution >= 4 is 73.9 Å². The van der Waals surface area contributed by atoms with E-state index in [1.54, 1.807) is 125 Å². The Morgan fingerprint density at radius 3 is 1.38 bits per heavy atom. The lowest BCUT2D eigenvalue weighted by Gasteiger charge is -2.35. The van der Waals surface area contributed by atoms with Crippen LogP contribution in [0.5, 0.6) is 11.5 Å². The molecule has 2 aromatic heterocycles. The average molecular weight is 1220 g/mol. The molecule has 0 saturated carbocycles. The molecule has 88 heavy (non-hydrogen) atoms. The highest BCUT2D eigenvalue weighted by molar-refractivity contribution is 7.16. The lowest BCUT2D eigenvalue weighted by molar-refractivity contribution is -0.160. The summed E-state index contributed by atoms with van der Waals surface area (Å²) < 4.78 is 24.0. The van der Waals surface area contributed by atoms with Crippen molar-refractivity contribution in [3.05, 3.63) is 212 Å². The van der Waals surface area contributed by atoms with Crippen LogP contribution >= 0.6 is 22.7 Å². The highest BCUT2D eigenvalue weighted by atomic mass is 32.1. The number of carbonyl (C=O) groups excluding carboxylic acids is 5. The van der Waals surface area contributed by atoms with Gasteiger partial charge in [0.15, 0.2) is 21.8 Å². The van der Waals surface area contributed by atoms with Crippen molar-refractivity contribution in [1.29, 1.82) is 0 Å². The summed E-state index contributed by atoms with van der Waals surface area (Å²) in [6.07, 6.45) is 1.04. The van der Waals surface area contributed by atoms with Crippen LogP contribution in [0.3, 0.4) is 0 Å². The third kappa shape index (κ3) is 16.6. The van der Waals surface area contributed by atoms with Gasteiger partial charge >= 0.3 is 18.0 Å². The molecule has 10 rings (SSSR count). The zero-order chi connectivity index (χ0) is 61.6. The first-order chi connectivity index (χ1) is 42.6. The van der Waals surface area contributed by atoms with Crippen LogP contribution in [0, 0.1) is 13.8 Å². The Balaban J connectivity index is 0.840. The number of nitrogens with zero attached hydrogens (tertiary/aromatic N) is 5. The molecule has 0 aliphatic carbocycles. The number of para-hydroxylation sites is 2. The molecule has 4 heterocycles. The largest absolute Gasteiger partial charge is 0.493 e. The number of esters is 2. The summed E-state index contributed by atoms with van der Waals surface area (Å²) >= 11 is 3.34. The highest BCUT2D eigenvalue weighted by Gasteiger charge is 2.32. The number of aryl methyl sites for hydroxylation is 2. The van der Waals surface area contributed by atoms with Crippen LogP contribution in [0.1, 0.15) is 84.9 Å². The zero-order valence-corrected chi connectivity index (χ0v) is 51.9. The molecule has 2 aliphatic rings. The number of ether oxygens (including phenoxy) is 4. The van der Waals surface area contributed by atoms with Gasteiger partial charge in [-0.1, -0.05) is 109 Å². The molecule has 0 bridgehead atoms. The molecule has 456 valence electrons. The van der Waals surface area contributed by atoms with E-state index in [1.165, 1.54) is 4.88 Å². The van der Waals surface area contributed by atoms with Crippen molar-refractivity contribution in [2.24, 2.45) is 0 Å². The number of benzene rings is 6. The predicted octanol–water partition coefficient (Wildman–Crippen LogP) is 11.2. The van der Waals surface area contributed by atoms with E-state index in [2.05, 4.69) is 39.6 Å². The summed E-state index contributed by atoms with van der Waals surface area (Å²) in [7, 11) is 0. The smallest absolute Gasteiger partial charge is 0.410 e. The van der Waals surface area contributed by atoms with Gasteiger partial charge in [-0.05, 0) is 94.3 Å². The Kier molecular flexibility index (Phi) is 20.6. The Morgan fingerprint density at radius 1 is 0.534 bits per heavy atom. The first-order valence-electron chi connectivity index (χ1n) is 29.8. The summed E-state index contributed by atoms with van der Waals surface area (Å²) in [6.45, 7) is 16.7. The van der Waals surface area contributed by atoms with Crippen molar-refractivity contribution < 1.29 is 42.9 Å². The lowest BCUT2D eigenvalue weighted by Crippen LogP contribution is -2.50. The van der Waals surface area contributed by atoms with Gasteiger partial charge < -0.3 is 49.6 Å². The van der Waals surface area contributed by atoms with Crippen LogP contribution in [0.2, 0.25) is 0 Å². The summed E-state index contributed by atoms with van der Waals surface area (Å²) in [4.78, 5) is 88.8. The van der Waals surface area contributed by atoms with Crippen molar-refractivity contribution in [1.82, 2.24) is 20.2 Å². The SMILES string of the molecule is Cc1sc(N2CCNCC2)nc1CCOc1ccc(C[C@H](Nc2ccccc2C(=O)c2ccccc2)C(=O)OC(=O)[C@H](Cc2ccc(OCCc3nc(N4CCN(C(=O)OC(C)(C)C)CC4)sc3C)cc2)Nc2ccccc2C(=O)c2ccccc2)cc1. The number of ketones is 2. The third-order valence-electron chi connectivity index (χ3n) is 15.1. The maximum atomic E-state index is 14.8. The fourth-order valence-electron chi connectivity index (χ4n) is 10.4. The van der Waals surface area contributed by atoms with Crippen molar-refractivity contribution in [3.63, 3.8) is 0 Å². The minimum absolute atomic E-state index is 0.0560. The molecule has 2 atom stereocenters. The fourth-order valence-corrected chi connectivity index (χ4v) is 12.4. The van der Waals surface area contributed by atoms with E-state index in [0.717, 1.165) is 63.8 Å². The Morgan fingerprint density at radius 2 is 0.943 bits per heavy atom. The van der Waals surface area contributed by atoms with Gasteiger partial charge in [-0.3, -0.25) is 9.59 Å². The molecule has 0 unspecified atom stereocenters. The van der Waals surface area contributed by atoms with Crippen LogP contribution < -0.4 is 35.2 Å². The van der Waals surface area contributed by atoms with E-state index < -0.39 is 29.6 Å². The molecular formula is C69H74N8O9S2. The molecule has 19 heteroatoms. The van der Waals surface area contributed by atoms with E-state index in [0.29, 0.717) is 97.4 Å². The number of piperazine rings is 2. The summed E-state index contributed by atoms with van der Waals surface area (Å²) in [6, 6.07) is 44.1. The zero-order valence-electron chi connectivity index (χ0n) is 50.3. The van der Waals surface area contributed by atoms with Crippen LogP contribution in [0.4, 0.5) is 26.4 Å². The molecule has 6 aromatic carbocycles. The second-order valence-corrected chi connectivity index (χ2v) is 25.1. The molecule has 17 nitrogen and oxygen atoms in total. The maximum absolute atomic E-state index is 14.8. The monoisotopic (exact) mass is 1220 g/mol. The normalized spacial score (nSPS) is 14.1. The Labute approximate surface area is 522 Å². The average Bonchev–Trinajstić information content (AvgIpc) is 3.28. The van der Waals surface area contributed by atoms with E-state index in [-0.39, 0.29) is 30.5 Å².